The zero-order valence-corrected chi connectivity index (χ0v) is 8.51. The van der Waals surface area contributed by atoms with Crippen LogP contribution < -0.4 is 0 Å². The highest BCUT2D eigenvalue weighted by molar-refractivity contribution is 6.07. The molecule has 78 valence electrons. The third-order valence-corrected chi connectivity index (χ3v) is 2.43. The Morgan fingerprint density at radius 3 is 3.00 bits per heavy atom. The molecule has 2 rings (SSSR count). The summed E-state index contributed by atoms with van der Waals surface area (Å²) in [4.78, 5) is 14.6. The summed E-state index contributed by atoms with van der Waals surface area (Å²) in [6.45, 7) is 1.93. The number of benzene rings is 1. The molecule has 2 aromatic rings. The second-order valence-electron chi connectivity index (χ2n) is 3.54. The molecule has 0 amide bonds. The molecule has 0 atom stereocenters. The highest BCUT2D eigenvalue weighted by atomic mass is 19.1. The van der Waals surface area contributed by atoms with Crippen molar-refractivity contribution in [3.8, 4) is 0 Å². The smallest absolute Gasteiger partial charge is 0.165 e. The lowest BCUT2D eigenvalue weighted by Gasteiger charge is -1.97. The van der Waals surface area contributed by atoms with Crippen molar-refractivity contribution in [1.29, 1.82) is 0 Å². The van der Waals surface area contributed by atoms with Gasteiger partial charge in [0.05, 0.1) is 0 Å². The molecule has 1 heterocycles. The normalized spacial score (nSPS) is 10.8. The van der Waals surface area contributed by atoms with Crippen LogP contribution in [0.4, 0.5) is 4.39 Å². The Morgan fingerprint density at radius 2 is 2.27 bits per heavy atom. The first-order valence-corrected chi connectivity index (χ1v) is 5.03. The molecule has 1 aromatic heterocycles. The average molecular weight is 205 g/mol. The van der Waals surface area contributed by atoms with Crippen LogP contribution in [0.1, 0.15) is 30.1 Å². The number of rotatable bonds is 3. The summed E-state index contributed by atoms with van der Waals surface area (Å²) in [7, 11) is 0. The van der Waals surface area contributed by atoms with Crippen molar-refractivity contribution in [3.63, 3.8) is 0 Å². The minimum absolute atomic E-state index is 0.00569. The SMILES string of the molecule is CCCC(=O)c1c[nH]c2cccc(F)c12. The van der Waals surface area contributed by atoms with E-state index in [1.165, 1.54) is 6.07 Å². The van der Waals surface area contributed by atoms with Crippen LogP contribution in [-0.4, -0.2) is 10.8 Å². The molecule has 0 saturated carbocycles. The van der Waals surface area contributed by atoms with Crippen LogP contribution in [0.15, 0.2) is 24.4 Å². The predicted octanol–water partition coefficient (Wildman–Crippen LogP) is 3.29. The van der Waals surface area contributed by atoms with Crippen molar-refractivity contribution >= 4 is 16.7 Å². The molecule has 0 aliphatic rings. The van der Waals surface area contributed by atoms with Crippen LogP contribution in [0.2, 0.25) is 0 Å². The molecule has 1 aromatic carbocycles. The summed E-state index contributed by atoms with van der Waals surface area (Å²) >= 11 is 0. The maximum Gasteiger partial charge on any atom is 0.165 e. The first kappa shape index (κ1) is 9.90. The fourth-order valence-corrected chi connectivity index (χ4v) is 1.72. The molecule has 0 aliphatic heterocycles. The third-order valence-electron chi connectivity index (χ3n) is 2.43. The van der Waals surface area contributed by atoms with E-state index >= 15 is 0 Å². The van der Waals surface area contributed by atoms with Crippen molar-refractivity contribution in [2.45, 2.75) is 19.8 Å². The van der Waals surface area contributed by atoms with Crippen molar-refractivity contribution in [2.75, 3.05) is 0 Å². The lowest BCUT2D eigenvalue weighted by Crippen LogP contribution is -1.97. The zero-order valence-electron chi connectivity index (χ0n) is 8.51. The Labute approximate surface area is 87.1 Å². The van der Waals surface area contributed by atoms with Crippen molar-refractivity contribution in [1.82, 2.24) is 4.98 Å². The van der Waals surface area contributed by atoms with Gasteiger partial charge in [-0.25, -0.2) is 4.39 Å². The molecule has 0 aliphatic carbocycles. The van der Waals surface area contributed by atoms with E-state index in [9.17, 15) is 9.18 Å². The number of nitrogens with one attached hydrogen (secondary N) is 1. The first-order chi connectivity index (χ1) is 7.24. The average Bonchev–Trinajstić information content (AvgIpc) is 2.63. The number of halogens is 1. The molecular weight excluding hydrogens is 193 g/mol. The summed E-state index contributed by atoms with van der Waals surface area (Å²) in [5.74, 6) is -0.345. The lowest BCUT2D eigenvalue weighted by molar-refractivity contribution is 0.0983. The maximum absolute atomic E-state index is 13.5. The number of carbonyl (C=O) groups is 1. The van der Waals surface area contributed by atoms with Gasteiger partial charge >= 0.3 is 0 Å². The van der Waals surface area contributed by atoms with Crippen LogP contribution in [0.3, 0.4) is 0 Å². The fourth-order valence-electron chi connectivity index (χ4n) is 1.72. The molecule has 0 bridgehead atoms. The zero-order chi connectivity index (χ0) is 10.8. The largest absolute Gasteiger partial charge is 0.360 e. The van der Waals surface area contributed by atoms with Gasteiger partial charge in [-0.3, -0.25) is 4.79 Å². The van der Waals surface area contributed by atoms with E-state index in [-0.39, 0.29) is 11.6 Å². The van der Waals surface area contributed by atoms with Gasteiger partial charge in [-0.05, 0) is 18.6 Å². The van der Waals surface area contributed by atoms with Crippen molar-refractivity contribution in [3.05, 3.63) is 35.8 Å². The number of aromatic nitrogens is 1. The van der Waals surface area contributed by atoms with Crippen LogP contribution in [-0.2, 0) is 0 Å². The highest BCUT2D eigenvalue weighted by Gasteiger charge is 2.13. The molecule has 0 saturated heterocycles. The molecule has 0 spiro atoms. The van der Waals surface area contributed by atoms with Gasteiger partial charge in [-0.15, -0.1) is 0 Å². The number of carbonyl (C=O) groups excluding carboxylic acids is 1. The fraction of sp³-hybridized carbons (Fsp3) is 0.250. The third kappa shape index (κ3) is 1.65. The molecule has 1 N–H and O–H groups in total. The van der Waals surface area contributed by atoms with Gasteiger partial charge in [0.15, 0.2) is 5.78 Å². The van der Waals surface area contributed by atoms with Gasteiger partial charge < -0.3 is 4.98 Å². The van der Waals surface area contributed by atoms with Crippen molar-refractivity contribution < 1.29 is 9.18 Å². The number of hydrogen-bond acceptors (Lipinski definition) is 1. The van der Waals surface area contributed by atoms with E-state index in [1.54, 1.807) is 18.3 Å². The lowest BCUT2D eigenvalue weighted by atomic mass is 10.1. The first-order valence-electron chi connectivity index (χ1n) is 5.03. The number of Topliss-reactive ketones (excluding diaryl/α,β-unsaturated/α-hetero) is 1. The highest BCUT2D eigenvalue weighted by Crippen LogP contribution is 2.22. The summed E-state index contributed by atoms with van der Waals surface area (Å²) < 4.78 is 13.5. The van der Waals surface area contributed by atoms with E-state index in [0.29, 0.717) is 22.9 Å². The number of hydrogen-bond donors (Lipinski definition) is 1. The van der Waals surface area contributed by atoms with E-state index < -0.39 is 0 Å². The molecule has 0 radical (unpaired) electrons. The Hall–Kier alpha value is -1.64. The monoisotopic (exact) mass is 205 g/mol. The van der Waals surface area contributed by atoms with E-state index in [1.807, 2.05) is 6.92 Å². The number of ketones is 1. The molecule has 0 unspecified atom stereocenters. The Morgan fingerprint density at radius 1 is 1.47 bits per heavy atom. The van der Waals surface area contributed by atoms with Crippen LogP contribution in [0, 0.1) is 5.82 Å². The van der Waals surface area contributed by atoms with Crippen LogP contribution in [0.5, 0.6) is 0 Å². The number of H-pyrrole nitrogens is 1. The Kier molecular flexibility index (Phi) is 2.54. The van der Waals surface area contributed by atoms with E-state index in [4.69, 9.17) is 0 Å². The number of aromatic amines is 1. The van der Waals surface area contributed by atoms with Gasteiger partial charge in [-0.1, -0.05) is 13.0 Å². The van der Waals surface area contributed by atoms with Crippen LogP contribution >= 0.6 is 0 Å². The minimum Gasteiger partial charge on any atom is -0.360 e. The van der Waals surface area contributed by atoms with E-state index in [2.05, 4.69) is 4.98 Å². The van der Waals surface area contributed by atoms with E-state index in [0.717, 1.165) is 6.42 Å². The minimum atomic E-state index is -0.340. The topological polar surface area (TPSA) is 32.9 Å². The van der Waals surface area contributed by atoms with Crippen molar-refractivity contribution in [2.24, 2.45) is 0 Å². The summed E-state index contributed by atoms with van der Waals surface area (Å²) in [5.41, 5.74) is 1.14. The summed E-state index contributed by atoms with van der Waals surface area (Å²) in [5, 5.41) is 0.413. The molecule has 3 heteroatoms. The summed E-state index contributed by atoms with van der Waals surface area (Å²) in [6, 6.07) is 4.77. The molecule has 15 heavy (non-hydrogen) atoms. The van der Waals surface area contributed by atoms with Gasteiger partial charge in [0, 0.05) is 29.1 Å². The summed E-state index contributed by atoms with van der Waals surface area (Å²) in [6.07, 6.45) is 2.83. The quantitative estimate of drug-likeness (QED) is 0.766. The van der Waals surface area contributed by atoms with Crippen LogP contribution in [0.25, 0.3) is 10.9 Å². The molecular formula is C12H12FNO. The second-order valence-corrected chi connectivity index (χ2v) is 3.54. The van der Waals surface area contributed by atoms with Gasteiger partial charge in [0.2, 0.25) is 0 Å². The molecule has 2 nitrogen and oxygen atoms in total. The maximum atomic E-state index is 13.5. The van der Waals surface area contributed by atoms with Gasteiger partial charge in [0.25, 0.3) is 0 Å². The second kappa shape index (κ2) is 3.85. The Bertz CT molecular complexity index is 501. The van der Waals surface area contributed by atoms with Gasteiger partial charge in [-0.2, -0.15) is 0 Å². The molecule has 0 fully saturated rings. The van der Waals surface area contributed by atoms with Gasteiger partial charge in [0.1, 0.15) is 5.82 Å². The predicted molar refractivity (Wildman–Crippen MR) is 57.5 cm³/mol. The standard InChI is InChI=1S/C12H12FNO/c1-2-4-11(15)8-7-14-10-6-3-5-9(13)12(8)10/h3,5-7,14H,2,4H2,1H3. The Balaban J connectivity index is 2.57. The number of fused-ring (bicyclic) bond motifs is 1.